The molecule has 1 amide bonds. The number of fused-ring (bicyclic) bond motifs is 1. The molecule has 0 aliphatic carbocycles. The number of H-pyrrole nitrogens is 1. The van der Waals surface area contributed by atoms with E-state index in [-0.39, 0.29) is 11.5 Å². The summed E-state index contributed by atoms with van der Waals surface area (Å²) in [5.74, 6) is 0.914. The third-order valence-corrected chi connectivity index (χ3v) is 6.05. The SMILES string of the molecule is O=C(CCc1ccccc1)N1CCCN(Cc2nc3ccsc3c(=O)[nH]2)CC1. The first-order chi connectivity index (χ1) is 13.7. The molecule has 1 fully saturated rings. The van der Waals surface area contributed by atoms with Crippen molar-refractivity contribution in [3.63, 3.8) is 0 Å². The number of carbonyl (C=O) groups is 1. The van der Waals surface area contributed by atoms with Gasteiger partial charge in [0.25, 0.3) is 5.56 Å². The van der Waals surface area contributed by atoms with Gasteiger partial charge in [-0.25, -0.2) is 4.98 Å². The maximum Gasteiger partial charge on any atom is 0.268 e. The van der Waals surface area contributed by atoms with E-state index < -0.39 is 0 Å². The summed E-state index contributed by atoms with van der Waals surface area (Å²) < 4.78 is 0.676. The molecule has 1 N–H and O–H groups in total. The first kappa shape index (κ1) is 18.8. The minimum atomic E-state index is -0.0671. The molecule has 0 radical (unpaired) electrons. The Morgan fingerprint density at radius 1 is 1.11 bits per heavy atom. The minimum absolute atomic E-state index is 0.0671. The molecule has 3 aromatic rings. The number of nitrogens with one attached hydrogen (secondary N) is 1. The van der Waals surface area contributed by atoms with Crippen LogP contribution in [0.2, 0.25) is 0 Å². The normalized spacial score (nSPS) is 15.6. The fourth-order valence-electron chi connectivity index (χ4n) is 3.64. The second kappa shape index (κ2) is 8.67. The van der Waals surface area contributed by atoms with Crippen molar-refractivity contribution >= 4 is 27.5 Å². The Hall–Kier alpha value is -2.51. The monoisotopic (exact) mass is 396 g/mol. The Kier molecular flexibility index (Phi) is 5.83. The molecule has 0 spiro atoms. The average molecular weight is 397 g/mol. The molecule has 0 unspecified atom stereocenters. The quantitative estimate of drug-likeness (QED) is 0.720. The second-order valence-electron chi connectivity index (χ2n) is 7.14. The van der Waals surface area contributed by atoms with Crippen LogP contribution in [0.1, 0.15) is 24.2 Å². The van der Waals surface area contributed by atoms with Crippen LogP contribution in [0.15, 0.2) is 46.6 Å². The van der Waals surface area contributed by atoms with Crippen molar-refractivity contribution < 1.29 is 4.79 Å². The molecule has 1 saturated heterocycles. The summed E-state index contributed by atoms with van der Waals surface area (Å²) in [5, 5.41) is 1.89. The molecule has 1 aliphatic rings. The Balaban J connectivity index is 1.32. The molecule has 4 rings (SSSR count). The van der Waals surface area contributed by atoms with Crippen LogP contribution in [0, 0.1) is 0 Å². The number of nitrogens with zero attached hydrogens (tertiary/aromatic N) is 3. The van der Waals surface area contributed by atoms with Gasteiger partial charge in [0.05, 0.1) is 12.1 Å². The van der Waals surface area contributed by atoms with Crippen LogP contribution in [0.3, 0.4) is 0 Å². The maximum absolute atomic E-state index is 12.6. The standard InChI is InChI=1S/C21H24N4O2S/c26-19(8-7-16-5-2-1-3-6-16)25-11-4-10-24(12-13-25)15-18-22-17-9-14-28-20(17)21(27)23-18/h1-3,5-6,9,14H,4,7-8,10-13,15H2,(H,22,23,27). The Bertz CT molecular complexity index is 998. The molecule has 0 atom stereocenters. The van der Waals surface area contributed by atoms with Crippen LogP contribution < -0.4 is 5.56 Å². The van der Waals surface area contributed by atoms with Gasteiger partial charge >= 0.3 is 0 Å². The molecule has 1 aliphatic heterocycles. The van der Waals surface area contributed by atoms with E-state index in [4.69, 9.17) is 0 Å². The van der Waals surface area contributed by atoms with Crippen LogP contribution in [0.25, 0.3) is 10.2 Å². The lowest BCUT2D eigenvalue weighted by molar-refractivity contribution is -0.131. The van der Waals surface area contributed by atoms with Crippen molar-refractivity contribution in [2.75, 3.05) is 26.2 Å². The predicted molar refractivity (Wildman–Crippen MR) is 111 cm³/mol. The molecule has 2 aromatic heterocycles. The highest BCUT2D eigenvalue weighted by Crippen LogP contribution is 2.15. The summed E-state index contributed by atoms with van der Waals surface area (Å²) in [5.41, 5.74) is 1.89. The molecule has 0 saturated carbocycles. The van der Waals surface area contributed by atoms with Crippen molar-refractivity contribution in [1.29, 1.82) is 0 Å². The van der Waals surface area contributed by atoms with Crippen molar-refractivity contribution in [3.8, 4) is 0 Å². The zero-order valence-corrected chi connectivity index (χ0v) is 16.6. The number of aromatic amines is 1. The van der Waals surface area contributed by atoms with Crippen molar-refractivity contribution in [1.82, 2.24) is 19.8 Å². The number of aromatic nitrogens is 2. The highest BCUT2D eigenvalue weighted by molar-refractivity contribution is 7.17. The first-order valence-corrected chi connectivity index (χ1v) is 10.6. The summed E-state index contributed by atoms with van der Waals surface area (Å²) >= 11 is 1.41. The molecular weight excluding hydrogens is 372 g/mol. The van der Waals surface area contributed by atoms with Crippen molar-refractivity contribution in [3.05, 3.63) is 63.5 Å². The molecule has 7 heteroatoms. The largest absolute Gasteiger partial charge is 0.341 e. The van der Waals surface area contributed by atoms with Crippen LogP contribution in [-0.4, -0.2) is 51.9 Å². The lowest BCUT2D eigenvalue weighted by Crippen LogP contribution is -2.35. The van der Waals surface area contributed by atoms with Gasteiger partial charge in [0.15, 0.2) is 0 Å². The summed E-state index contributed by atoms with van der Waals surface area (Å²) in [7, 11) is 0. The van der Waals surface area contributed by atoms with E-state index in [0.29, 0.717) is 23.5 Å². The Labute approximate surface area is 167 Å². The van der Waals surface area contributed by atoms with E-state index in [1.807, 2.05) is 34.5 Å². The number of thiophene rings is 1. The molecule has 146 valence electrons. The van der Waals surface area contributed by atoms with E-state index in [1.54, 1.807) is 0 Å². The van der Waals surface area contributed by atoms with Crippen LogP contribution in [-0.2, 0) is 17.8 Å². The third-order valence-electron chi connectivity index (χ3n) is 5.15. The number of amides is 1. The number of benzene rings is 1. The first-order valence-electron chi connectivity index (χ1n) is 9.69. The number of hydrogen-bond donors (Lipinski definition) is 1. The molecule has 6 nitrogen and oxygen atoms in total. The summed E-state index contributed by atoms with van der Waals surface area (Å²) in [4.78, 5) is 36.5. The summed E-state index contributed by atoms with van der Waals surface area (Å²) in [6.07, 6.45) is 2.27. The zero-order valence-electron chi connectivity index (χ0n) is 15.8. The highest BCUT2D eigenvalue weighted by Gasteiger charge is 2.19. The van der Waals surface area contributed by atoms with Gasteiger partial charge in [-0.1, -0.05) is 30.3 Å². The summed E-state index contributed by atoms with van der Waals surface area (Å²) in [6, 6.07) is 12.0. The van der Waals surface area contributed by atoms with Gasteiger partial charge in [-0.2, -0.15) is 0 Å². The number of carbonyl (C=O) groups excluding carboxylic acids is 1. The zero-order chi connectivity index (χ0) is 19.3. The summed E-state index contributed by atoms with van der Waals surface area (Å²) in [6.45, 7) is 3.81. The van der Waals surface area contributed by atoms with Crippen LogP contribution in [0.5, 0.6) is 0 Å². The van der Waals surface area contributed by atoms with Gasteiger partial charge in [0.1, 0.15) is 10.5 Å². The van der Waals surface area contributed by atoms with Gasteiger partial charge in [-0.3, -0.25) is 14.5 Å². The van der Waals surface area contributed by atoms with Gasteiger partial charge in [-0.15, -0.1) is 11.3 Å². The number of aryl methyl sites for hydroxylation is 1. The van der Waals surface area contributed by atoms with Gasteiger partial charge in [0, 0.05) is 32.6 Å². The van der Waals surface area contributed by atoms with Gasteiger partial charge < -0.3 is 9.88 Å². The van der Waals surface area contributed by atoms with Gasteiger partial charge in [-0.05, 0) is 29.9 Å². The van der Waals surface area contributed by atoms with E-state index in [0.717, 1.165) is 44.5 Å². The molecule has 3 heterocycles. The Morgan fingerprint density at radius 3 is 2.82 bits per heavy atom. The average Bonchev–Trinajstić information content (AvgIpc) is 3.06. The van der Waals surface area contributed by atoms with Crippen LogP contribution >= 0.6 is 11.3 Å². The molecule has 1 aromatic carbocycles. The molecule has 0 bridgehead atoms. The number of rotatable bonds is 5. The molecule has 28 heavy (non-hydrogen) atoms. The topological polar surface area (TPSA) is 69.3 Å². The highest BCUT2D eigenvalue weighted by atomic mass is 32.1. The smallest absolute Gasteiger partial charge is 0.268 e. The van der Waals surface area contributed by atoms with Crippen LogP contribution in [0.4, 0.5) is 0 Å². The molecular formula is C21H24N4O2S. The van der Waals surface area contributed by atoms with Gasteiger partial charge in [0.2, 0.25) is 5.91 Å². The van der Waals surface area contributed by atoms with Crippen molar-refractivity contribution in [2.45, 2.75) is 25.8 Å². The fourth-order valence-corrected chi connectivity index (χ4v) is 4.37. The second-order valence-corrected chi connectivity index (χ2v) is 8.06. The van der Waals surface area contributed by atoms with E-state index in [9.17, 15) is 9.59 Å². The minimum Gasteiger partial charge on any atom is -0.341 e. The Morgan fingerprint density at radius 2 is 1.96 bits per heavy atom. The lowest BCUT2D eigenvalue weighted by Gasteiger charge is -2.22. The van der Waals surface area contributed by atoms with Crippen molar-refractivity contribution in [2.24, 2.45) is 0 Å². The fraction of sp³-hybridized carbons (Fsp3) is 0.381. The predicted octanol–water partition coefficient (Wildman–Crippen LogP) is 2.65. The third kappa shape index (κ3) is 4.48. The number of hydrogen-bond acceptors (Lipinski definition) is 5. The van der Waals surface area contributed by atoms with E-state index in [1.165, 1.54) is 16.9 Å². The lowest BCUT2D eigenvalue weighted by atomic mass is 10.1. The van der Waals surface area contributed by atoms with E-state index >= 15 is 0 Å². The van der Waals surface area contributed by atoms with E-state index in [2.05, 4.69) is 27.0 Å². The maximum atomic E-state index is 12.6.